The maximum atomic E-state index is 13.4. The average molecular weight is 351 g/mol. The Balaban J connectivity index is 1.63. The van der Waals surface area contributed by atoms with Gasteiger partial charge in [-0.1, -0.05) is 24.3 Å². The summed E-state index contributed by atoms with van der Waals surface area (Å²) >= 11 is 0. The normalized spacial score (nSPS) is 11.4. The predicted octanol–water partition coefficient (Wildman–Crippen LogP) is 3.22. The molecule has 1 N–H and O–H groups in total. The van der Waals surface area contributed by atoms with Gasteiger partial charge in [0.05, 0.1) is 5.69 Å². The van der Waals surface area contributed by atoms with Crippen LogP contribution in [0.2, 0.25) is 0 Å². The Kier molecular flexibility index (Phi) is 5.63. The first-order valence-corrected chi connectivity index (χ1v) is 8.41. The zero-order valence-corrected chi connectivity index (χ0v) is 14.9. The zero-order chi connectivity index (χ0) is 18.4. The van der Waals surface area contributed by atoms with Crippen molar-refractivity contribution in [1.82, 2.24) is 20.0 Å². The largest absolute Gasteiger partial charge is 0.352 e. The highest BCUT2D eigenvalue weighted by Gasteiger charge is 2.07. The predicted molar refractivity (Wildman–Crippen MR) is 102 cm³/mol. The van der Waals surface area contributed by atoms with Gasteiger partial charge in [0.25, 0.3) is 0 Å². The van der Waals surface area contributed by atoms with Crippen LogP contribution in [-0.2, 0) is 13.1 Å². The van der Waals surface area contributed by atoms with Crippen LogP contribution in [0.3, 0.4) is 0 Å². The lowest BCUT2D eigenvalue weighted by atomic mass is 10.2. The van der Waals surface area contributed by atoms with Gasteiger partial charge in [0.2, 0.25) is 0 Å². The van der Waals surface area contributed by atoms with Gasteiger partial charge >= 0.3 is 0 Å². The fourth-order valence-corrected chi connectivity index (χ4v) is 2.78. The first-order chi connectivity index (χ1) is 12.7. The topological polar surface area (TPSA) is 45.5 Å². The molecule has 3 aromatic rings. The third kappa shape index (κ3) is 4.47. The molecule has 0 radical (unpaired) electrons. The maximum Gasteiger partial charge on any atom is 0.193 e. The molecule has 2 aromatic carbocycles. The van der Waals surface area contributed by atoms with Crippen molar-refractivity contribution in [1.29, 1.82) is 0 Å². The highest BCUT2D eigenvalue weighted by atomic mass is 19.1. The van der Waals surface area contributed by atoms with Crippen molar-refractivity contribution in [2.75, 3.05) is 14.1 Å². The molecule has 0 atom stereocenters. The van der Waals surface area contributed by atoms with Gasteiger partial charge in [-0.25, -0.2) is 9.07 Å². The molecule has 5 nitrogen and oxygen atoms in total. The first-order valence-electron chi connectivity index (χ1n) is 8.41. The fourth-order valence-electron chi connectivity index (χ4n) is 2.78. The lowest BCUT2D eigenvalue weighted by Gasteiger charge is -2.22. The number of aliphatic imine (C=N–C) groups is 1. The summed E-state index contributed by atoms with van der Waals surface area (Å²) in [5, 5.41) is 7.60. The Bertz CT molecular complexity index is 873. The van der Waals surface area contributed by atoms with Crippen LogP contribution in [0.5, 0.6) is 0 Å². The molecule has 0 amide bonds. The van der Waals surface area contributed by atoms with Crippen LogP contribution < -0.4 is 5.32 Å². The van der Waals surface area contributed by atoms with E-state index in [4.69, 9.17) is 0 Å². The number of guanidine groups is 1. The van der Waals surface area contributed by atoms with Gasteiger partial charge in [-0.05, 0) is 41.5 Å². The molecular formula is C20H22FN5. The Labute approximate surface area is 152 Å². The van der Waals surface area contributed by atoms with E-state index in [1.54, 1.807) is 19.3 Å². The quantitative estimate of drug-likeness (QED) is 0.567. The summed E-state index contributed by atoms with van der Waals surface area (Å²) in [4.78, 5) is 6.28. The number of halogens is 1. The number of benzene rings is 2. The zero-order valence-electron chi connectivity index (χ0n) is 14.9. The summed E-state index contributed by atoms with van der Waals surface area (Å²) in [6, 6.07) is 16.7. The second-order valence-corrected chi connectivity index (χ2v) is 6.01. The van der Waals surface area contributed by atoms with Gasteiger partial charge in [-0.15, -0.1) is 0 Å². The smallest absolute Gasteiger partial charge is 0.193 e. The molecule has 0 aliphatic carbocycles. The number of nitrogens with zero attached hydrogens (tertiary/aromatic N) is 4. The summed E-state index contributed by atoms with van der Waals surface area (Å²) in [5.74, 6) is 0.521. The van der Waals surface area contributed by atoms with Crippen LogP contribution in [0.15, 0.2) is 72.0 Å². The van der Waals surface area contributed by atoms with Crippen LogP contribution in [0.25, 0.3) is 5.69 Å². The van der Waals surface area contributed by atoms with Gasteiger partial charge in [-0.3, -0.25) is 4.99 Å². The molecule has 0 aliphatic rings. The van der Waals surface area contributed by atoms with Crippen molar-refractivity contribution in [3.63, 3.8) is 0 Å². The van der Waals surface area contributed by atoms with Crippen LogP contribution in [0, 0.1) is 5.82 Å². The Hall–Kier alpha value is -3.15. The lowest BCUT2D eigenvalue weighted by Crippen LogP contribution is -2.38. The van der Waals surface area contributed by atoms with E-state index >= 15 is 0 Å². The van der Waals surface area contributed by atoms with Crippen molar-refractivity contribution < 1.29 is 4.39 Å². The minimum absolute atomic E-state index is 0.228. The molecule has 3 rings (SSSR count). The molecule has 6 heteroatoms. The molecule has 0 unspecified atom stereocenters. The SMILES string of the molecule is CN=C(NCc1cccc(-n2cccn2)c1)N(C)Cc1cccc(F)c1. The van der Waals surface area contributed by atoms with Crippen molar-refractivity contribution in [3.05, 3.63) is 83.9 Å². The highest BCUT2D eigenvalue weighted by molar-refractivity contribution is 5.79. The van der Waals surface area contributed by atoms with Crippen molar-refractivity contribution in [3.8, 4) is 5.69 Å². The molecule has 0 bridgehead atoms. The number of rotatable bonds is 5. The molecule has 0 spiro atoms. The Morgan fingerprint density at radius 2 is 1.96 bits per heavy atom. The first kappa shape index (κ1) is 17.7. The number of hydrogen-bond donors (Lipinski definition) is 1. The van der Waals surface area contributed by atoms with Crippen LogP contribution in [0.4, 0.5) is 4.39 Å². The molecule has 26 heavy (non-hydrogen) atoms. The van der Waals surface area contributed by atoms with Crippen molar-refractivity contribution in [2.24, 2.45) is 4.99 Å². The van der Waals surface area contributed by atoms with E-state index in [0.717, 1.165) is 22.8 Å². The fraction of sp³-hybridized carbons (Fsp3) is 0.200. The summed E-state index contributed by atoms with van der Waals surface area (Å²) in [7, 11) is 3.67. The van der Waals surface area contributed by atoms with Gasteiger partial charge in [-0.2, -0.15) is 5.10 Å². The summed E-state index contributed by atoms with van der Waals surface area (Å²) < 4.78 is 15.2. The molecule has 0 saturated heterocycles. The third-order valence-electron chi connectivity index (χ3n) is 4.01. The lowest BCUT2D eigenvalue weighted by molar-refractivity contribution is 0.474. The second kappa shape index (κ2) is 8.29. The molecule has 134 valence electrons. The minimum atomic E-state index is -0.228. The summed E-state index contributed by atoms with van der Waals surface area (Å²) in [5.41, 5.74) is 3.03. The number of aromatic nitrogens is 2. The van der Waals surface area contributed by atoms with Gasteiger partial charge in [0.15, 0.2) is 5.96 Å². The minimum Gasteiger partial charge on any atom is -0.352 e. The van der Waals surface area contributed by atoms with E-state index in [1.165, 1.54) is 12.1 Å². The molecule has 1 heterocycles. The summed E-state index contributed by atoms with van der Waals surface area (Å²) in [6.07, 6.45) is 3.67. The van der Waals surface area contributed by atoms with Crippen LogP contribution >= 0.6 is 0 Å². The van der Waals surface area contributed by atoms with E-state index in [1.807, 2.05) is 47.1 Å². The number of hydrogen-bond acceptors (Lipinski definition) is 2. The second-order valence-electron chi connectivity index (χ2n) is 6.01. The van der Waals surface area contributed by atoms with E-state index in [9.17, 15) is 4.39 Å². The van der Waals surface area contributed by atoms with Crippen molar-refractivity contribution >= 4 is 5.96 Å². The standard InChI is InChI=1S/C20H22FN5/c1-22-20(25(2)15-17-7-3-8-18(21)12-17)23-14-16-6-4-9-19(13-16)26-11-5-10-24-26/h3-13H,14-15H2,1-2H3,(H,22,23). The van der Waals surface area contributed by atoms with E-state index in [-0.39, 0.29) is 5.82 Å². The number of nitrogens with one attached hydrogen (secondary N) is 1. The monoisotopic (exact) mass is 351 g/mol. The Morgan fingerprint density at radius 1 is 1.15 bits per heavy atom. The van der Waals surface area contributed by atoms with Crippen LogP contribution in [-0.4, -0.2) is 34.7 Å². The molecular weight excluding hydrogens is 329 g/mol. The van der Waals surface area contributed by atoms with Gasteiger partial charge in [0, 0.05) is 39.6 Å². The van der Waals surface area contributed by atoms with Crippen molar-refractivity contribution in [2.45, 2.75) is 13.1 Å². The molecule has 0 fully saturated rings. The molecule has 0 aliphatic heterocycles. The van der Waals surface area contributed by atoms with E-state index in [2.05, 4.69) is 27.5 Å². The van der Waals surface area contributed by atoms with E-state index < -0.39 is 0 Å². The third-order valence-corrected chi connectivity index (χ3v) is 4.01. The van der Waals surface area contributed by atoms with Crippen LogP contribution in [0.1, 0.15) is 11.1 Å². The van der Waals surface area contributed by atoms with E-state index in [0.29, 0.717) is 13.1 Å². The van der Waals surface area contributed by atoms with Gasteiger partial charge in [0.1, 0.15) is 5.82 Å². The molecule has 1 aromatic heterocycles. The maximum absolute atomic E-state index is 13.4. The Morgan fingerprint density at radius 3 is 2.69 bits per heavy atom. The molecule has 0 saturated carbocycles. The average Bonchev–Trinajstić information content (AvgIpc) is 3.17. The summed E-state index contributed by atoms with van der Waals surface area (Å²) in [6.45, 7) is 1.21. The van der Waals surface area contributed by atoms with Gasteiger partial charge < -0.3 is 10.2 Å². The highest BCUT2D eigenvalue weighted by Crippen LogP contribution is 2.10.